The summed E-state index contributed by atoms with van der Waals surface area (Å²) >= 11 is 0. The normalized spacial score (nSPS) is 17.2. The van der Waals surface area contributed by atoms with Gasteiger partial charge in [-0.25, -0.2) is 0 Å². The van der Waals surface area contributed by atoms with Crippen LogP contribution in [-0.4, -0.2) is 18.1 Å². The fourth-order valence-corrected chi connectivity index (χ4v) is 3.09. The monoisotopic (exact) mass is 278 g/mol. The van der Waals surface area contributed by atoms with Gasteiger partial charge in [-0.15, -0.1) is 5.53 Å². The molecule has 4 heteroatoms. The number of nitrogens with one attached hydrogen (secondary N) is 2. The maximum absolute atomic E-state index is 3.24. The van der Waals surface area contributed by atoms with Crippen LogP contribution in [0.3, 0.4) is 0 Å². The van der Waals surface area contributed by atoms with E-state index in [4.69, 9.17) is 0 Å². The summed E-state index contributed by atoms with van der Waals surface area (Å²) in [7, 11) is 0. The molecule has 0 amide bonds. The third kappa shape index (κ3) is 1.96. The Hall–Kier alpha value is -2.46. The van der Waals surface area contributed by atoms with E-state index < -0.39 is 0 Å². The number of anilines is 2. The minimum atomic E-state index is 0.920. The lowest BCUT2D eigenvalue weighted by molar-refractivity contribution is 0.294. The lowest BCUT2D eigenvalue weighted by Crippen LogP contribution is -2.40. The molecular formula is C17H18N4. The Morgan fingerprint density at radius 1 is 0.905 bits per heavy atom. The van der Waals surface area contributed by atoms with Gasteiger partial charge in [-0.1, -0.05) is 36.4 Å². The van der Waals surface area contributed by atoms with E-state index in [2.05, 4.69) is 82.4 Å². The molecule has 0 radical (unpaired) electrons. The quantitative estimate of drug-likeness (QED) is 0.840. The van der Waals surface area contributed by atoms with Crippen molar-refractivity contribution in [2.24, 2.45) is 0 Å². The molecule has 2 aliphatic rings. The second kappa shape index (κ2) is 4.82. The van der Waals surface area contributed by atoms with E-state index in [0.29, 0.717) is 0 Å². The van der Waals surface area contributed by atoms with Crippen LogP contribution in [0, 0.1) is 0 Å². The number of hydrazine groups is 2. The number of rotatable bonds is 1. The van der Waals surface area contributed by atoms with Crippen LogP contribution in [0.15, 0.2) is 60.3 Å². The first kappa shape index (κ1) is 12.3. The maximum Gasteiger partial charge on any atom is 0.0832 e. The predicted molar refractivity (Wildman–Crippen MR) is 85.5 cm³/mol. The molecule has 0 unspecified atom stereocenters. The zero-order valence-electron chi connectivity index (χ0n) is 12.0. The molecule has 2 aromatic rings. The van der Waals surface area contributed by atoms with Crippen LogP contribution in [-0.2, 0) is 0 Å². The van der Waals surface area contributed by atoms with Gasteiger partial charge in [0.25, 0.3) is 0 Å². The summed E-state index contributed by atoms with van der Waals surface area (Å²) in [5, 5.41) is 2.19. The zero-order chi connectivity index (χ0) is 14.2. The third-order valence-electron chi connectivity index (χ3n) is 4.07. The number of hydrogen-bond acceptors (Lipinski definition) is 4. The Morgan fingerprint density at radius 2 is 1.67 bits per heavy atom. The molecule has 106 valence electrons. The smallest absolute Gasteiger partial charge is 0.0832 e. The molecule has 4 rings (SSSR count). The molecule has 0 spiro atoms. The summed E-state index contributed by atoms with van der Waals surface area (Å²) in [6, 6.07) is 19.2. The lowest BCUT2D eigenvalue weighted by Gasteiger charge is -2.25. The summed E-state index contributed by atoms with van der Waals surface area (Å²) in [6.07, 6.45) is 0. The maximum atomic E-state index is 3.24. The Morgan fingerprint density at radius 3 is 2.52 bits per heavy atom. The van der Waals surface area contributed by atoms with Crippen LogP contribution in [0.5, 0.6) is 0 Å². The van der Waals surface area contributed by atoms with Crippen molar-refractivity contribution in [3.63, 3.8) is 0 Å². The van der Waals surface area contributed by atoms with Gasteiger partial charge in [-0.05, 0) is 25.1 Å². The van der Waals surface area contributed by atoms with Crippen LogP contribution in [0.4, 0.5) is 11.4 Å². The molecule has 0 saturated heterocycles. The Labute approximate surface area is 124 Å². The van der Waals surface area contributed by atoms with Gasteiger partial charge in [0.05, 0.1) is 23.6 Å². The van der Waals surface area contributed by atoms with E-state index in [-0.39, 0.29) is 0 Å². The number of hydrogen-bond donors (Lipinski definition) is 2. The first-order valence-corrected chi connectivity index (χ1v) is 7.26. The topological polar surface area (TPSA) is 30.5 Å². The van der Waals surface area contributed by atoms with Crippen molar-refractivity contribution in [2.75, 3.05) is 18.0 Å². The van der Waals surface area contributed by atoms with Gasteiger partial charge >= 0.3 is 0 Å². The highest BCUT2D eigenvalue weighted by Crippen LogP contribution is 2.37. The van der Waals surface area contributed by atoms with Gasteiger partial charge in [0.1, 0.15) is 0 Å². The van der Waals surface area contributed by atoms with Gasteiger partial charge in [-0.2, -0.15) is 0 Å². The molecule has 0 aliphatic carbocycles. The number of benzene rings is 2. The molecule has 2 aromatic carbocycles. The average Bonchev–Trinajstić information content (AvgIpc) is 2.81. The Kier molecular flexibility index (Phi) is 2.82. The van der Waals surface area contributed by atoms with Crippen molar-refractivity contribution in [3.8, 4) is 0 Å². The van der Waals surface area contributed by atoms with Crippen molar-refractivity contribution in [3.05, 3.63) is 65.9 Å². The molecule has 0 fully saturated rings. The highest BCUT2D eigenvalue weighted by atomic mass is 15.7. The molecule has 0 saturated carbocycles. The SMILES string of the molecule is CC1=C2c3ccccc3N(c3ccccc3)CCN2NN1. The number of para-hydroxylation sites is 2. The van der Waals surface area contributed by atoms with E-state index >= 15 is 0 Å². The van der Waals surface area contributed by atoms with Crippen LogP contribution in [0.2, 0.25) is 0 Å². The third-order valence-corrected chi connectivity index (χ3v) is 4.07. The number of allylic oxidation sites excluding steroid dienone is 1. The Bertz CT molecular complexity index is 693. The van der Waals surface area contributed by atoms with Crippen LogP contribution in [0.25, 0.3) is 5.70 Å². The predicted octanol–water partition coefficient (Wildman–Crippen LogP) is 2.85. The molecule has 0 aromatic heterocycles. The van der Waals surface area contributed by atoms with Gasteiger partial charge in [0.2, 0.25) is 0 Å². The largest absolute Gasteiger partial charge is 0.339 e. The van der Waals surface area contributed by atoms with Gasteiger partial charge in [0, 0.05) is 17.8 Å². The Balaban J connectivity index is 1.89. The van der Waals surface area contributed by atoms with E-state index in [1.807, 2.05) is 0 Å². The minimum Gasteiger partial charge on any atom is -0.339 e. The molecule has 2 N–H and O–H groups in total. The number of nitrogens with zero attached hydrogens (tertiary/aromatic N) is 2. The van der Waals surface area contributed by atoms with Crippen molar-refractivity contribution >= 4 is 17.1 Å². The first-order chi connectivity index (χ1) is 10.3. The molecule has 4 nitrogen and oxygen atoms in total. The first-order valence-electron chi connectivity index (χ1n) is 7.26. The second-order valence-electron chi connectivity index (χ2n) is 5.37. The summed E-state index contributed by atoms with van der Waals surface area (Å²) < 4.78 is 0. The molecule has 0 atom stereocenters. The fraction of sp³-hybridized carbons (Fsp3) is 0.176. The van der Waals surface area contributed by atoms with E-state index in [1.54, 1.807) is 0 Å². The van der Waals surface area contributed by atoms with Gasteiger partial charge in [0.15, 0.2) is 0 Å². The molecular weight excluding hydrogens is 260 g/mol. The van der Waals surface area contributed by atoms with Crippen molar-refractivity contribution in [1.29, 1.82) is 0 Å². The van der Waals surface area contributed by atoms with Gasteiger partial charge < -0.3 is 10.3 Å². The second-order valence-corrected chi connectivity index (χ2v) is 5.37. The summed E-state index contributed by atoms with van der Waals surface area (Å²) in [6.45, 7) is 3.97. The minimum absolute atomic E-state index is 0.920. The molecule has 21 heavy (non-hydrogen) atoms. The summed E-state index contributed by atoms with van der Waals surface area (Å²) in [4.78, 5) is 2.38. The van der Waals surface area contributed by atoms with E-state index in [0.717, 1.165) is 18.8 Å². The molecule has 2 heterocycles. The standard InChI is InChI=1S/C17H18N4/c1-13-17-15-9-5-6-10-16(15)20(11-12-21(17)19-18-13)14-7-3-2-4-8-14/h2-10,18-19H,11-12H2,1H3. The van der Waals surface area contributed by atoms with Crippen LogP contribution >= 0.6 is 0 Å². The molecule has 2 aliphatic heterocycles. The summed E-state index contributed by atoms with van der Waals surface area (Å²) in [5.41, 5.74) is 12.6. The van der Waals surface area contributed by atoms with Gasteiger partial charge in [-0.3, -0.25) is 5.01 Å². The molecule has 0 bridgehead atoms. The van der Waals surface area contributed by atoms with Crippen LogP contribution < -0.4 is 15.9 Å². The fourth-order valence-electron chi connectivity index (χ4n) is 3.09. The number of fused-ring (bicyclic) bond motifs is 3. The van der Waals surface area contributed by atoms with Crippen molar-refractivity contribution in [2.45, 2.75) is 6.92 Å². The van der Waals surface area contributed by atoms with Crippen molar-refractivity contribution < 1.29 is 0 Å². The summed E-state index contributed by atoms with van der Waals surface area (Å²) in [5.74, 6) is 0. The van der Waals surface area contributed by atoms with Crippen molar-refractivity contribution in [1.82, 2.24) is 16.0 Å². The van der Waals surface area contributed by atoms with E-state index in [9.17, 15) is 0 Å². The lowest BCUT2D eigenvalue weighted by atomic mass is 10.1. The highest BCUT2D eigenvalue weighted by molar-refractivity contribution is 5.82. The van der Waals surface area contributed by atoms with E-state index in [1.165, 1.54) is 22.6 Å². The zero-order valence-corrected chi connectivity index (χ0v) is 12.0. The highest BCUT2D eigenvalue weighted by Gasteiger charge is 2.28. The average molecular weight is 278 g/mol. The van der Waals surface area contributed by atoms with Crippen LogP contribution in [0.1, 0.15) is 12.5 Å².